The van der Waals surface area contributed by atoms with Crippen LogP contribution in [-0.4, -0.2) is 49.3 Å². The van der Waals surface area contributed by atoms with E-state index in [4.69, 9.17) is 0 Å². The summed E-state index contributed by atoms with van der Waals surface area (Å²) in [5, 5.41) is 17.9. The van der Waals surface area contributed by atoms with Crippen molar-refractivity contribution in [1.82, 2.24) is 29.9 Å². The van der Waals surface area contributed by atoms with Gasteiger partial charge in [0.15, 0.2) is 5.16 Å². The molecule has 0 bridgehead atoms. The number of amides is 1. The molecule has 3 N–H and O–H groups in total. The number of halogens is 1. The van der Waals surface area contributed by atoms with E-state index in [2.05, 4.69) is 36.1 Å². The van der Waals surface area contributed by atoms with E-state index in [0.717, 1.165) is 5.56 Å². The van der Waals surface area contributed by atoms with Crippen molar-refractivity contribution in [3.05, 3.63) is 35.6 Å². The number of benzene rings is 1. The highest BCUT2D eigenvalue weighted by Crippen LogP contribution is 2.21. The molecule has 9 nitrogen and oxygen atoms in total. The Labute approximate surface area is 171 Å². The molecule has 0 radical (unpaired) electrons. The Kier molecular flexibility index (Phi) is 6.81. The van der Waals surface area contributed by atoms with Crippen molar-refractivity contribution in [2.45, 2.75) is 32.0 Å². The molecule has 3 rings (SSSR count). The van der Waals surface area contributed by atoms with Crippen LogP contribution in [-0.2, 0) is 4.79 Å². The van der Waals surface area contributed by atoms with E-state index < -0.39 is 0 Å². The van der Waals surface area contributed by atoms with Gasteiger partial charge >= 0.3 is 0 Å². The van der Waals surface area contributed by atoms with E-state index in [1.54, 1.807) is 16.5 Å². The van der Waals surface area contributed by atoms with Crippen molar-refractivity contribution in [3.63, 3.8) is 0 Å². The first-order chi connectivity index (χ1) is 14.0. The molecule has 2 aromatic heterocycles. The van der Waals surface area contributed by atoms with Gasteiger partial charge in [-0.2, -0.15) is 9.97 Å². The molecule has 0 aliphatic carbocycles. The summed E-state index contributed by atoms with van der Waals surface area (Å²) in [5.74, 6) is 1.09. The minimum atomic E-state index is -0.308. The zero-order chi connectivity index (χ0) is 20.8. The number of fused-ring (bicyclic) bond motifs is 1. The van der Waals surface area contributed by atoms with Crippen molar-refractivity contribution in [3.8, 4) is 0 Å². The van der Waals surface area contributed by atoms with E-state index in [1.165, 1.54) is 23.9 Å². The molecule has 0 fully saturated rings. The van der Waals surface area contributed by atoms with Crippen molar-refractivity contribution in [2.75, 3.05) is 29.5 Å². The Morgan fingerprint density at radius 1 is 1.14 bits per heavy atom. The molecule has 1 atom stereocenters. The van der Waals surface area contributed by atoms with Crippen LogP contribution in [0.3, 0.4) is 0 Å². The fraction of sp³-hybridized carbons (Fsp3) is 0.389. The molecule has 11 heteroatoms. The molecule has 2 heterocycles. The molecule has 3 aromatic rings. The third-order valence-electron chi connectivity index (χ3n) is 4.00. The lowest BCUT2D eigenvalue weighted by atomic mass is 10.1. The summed E-state index contributed by atoms with van der Waals surface area (Å²) < 4.78 is 14.7. The molecule has 0 saturated heterocycles. The maximum absolute atomic E-state index is 13.0. The highest BCUT2D eigenvalue weighted by molar-refractivity contribution is 7.99. The lowest BCUT2D eigenvalue weighted by Crippen LogP contribution is -2.28. The number of thioether (sulfide) groups is 1. The normalized spacial score (nSPS) is 12.0. The average Bonchev–Trinajstić information content (AvgIpc) is 3.10. The van der Waals surface area contributed by atoms with Crippen LogP contribution in [0, 0.1) is 5.82 Å². The SMILES string of the molecule is CCNc1nc(NCC)n2c(SCC(=O)N[C@@H](C)c3ccc(F)cc3)nnc2n1. The first-order valence-electron chi connectivity index (χ1n) is 9.30. The Hall–Kier alpha value is -2.95. The van der Waals surface area contributed by atoms with Crippen LogP contribution in [0.4, 0.5) is 16.3 Å². The molecule has 0 aliphatic heterocycles. The first-order valence-corrected chi connectivity index (χ1v) is 10.3. The van der Waals surface area contributed by atoms with Gasteiger partial charge in [0.05, 0.1) is 11.8 Å². The summed E-state index contributed by atoms with van der Waals surface area (Å²) >= 11 is 1.24. The van der Waals surface area contributed by atoms with Gasteiger partial charge in [0.25, 0.3) is 5.78 Å². The van der Waals surface area contributed by atoms with Crippen LogP contribution in [0.2, 0.25) is 0 Å². The molecule has 0 unspecified atom stereocenters. The average molecular weight is 419 g/mol. The molecule has 0 aliphatic rings. The molecule has 29 heavy (non-hydrogen) atoms. The Bertz CT molecular complexity index is 978. The number of rotatable bonds is 9. The predicted molar refractivity (Wildman–Crippen MR) is 111 cm³/mol. The number of carbonyl (C=O) groups is 1. The smallest absolute Gasteiger partial charge is 0.261 e. The summed E-state index contributed by atoms with van der Waals surface area (Å²) in [4.78, 5) is 21.1. The van der Waals surface area contributed by atoms with Gasteiger partial charge in [-0.05, 0) is 38.5 Å². The highest BCUT2D eigenvalue weighted by Gasteiger charge is 2.16. The minimum absolute atomic E-state index is 0.146. The van der Waals surface area contributed by atoms with E-state index in [9.17, 15) is 9.18 Å². The Morgan fingerprint density at radius 2 is 1.86 bits per heavy atom. The zero-order valence-electron chi connectivity index (χ0n) is 16.4. The van der Waals surface area contributed by atoms with E-state index in [0.29, 0.717) is 35.9 Å². The lowest BCUT2D eigenvalue weighted by Gasteiger charge is -2.14. The summed E-state index contributed by atoms with van der Waals surface area (Å²) in [6.45, 7) is 7.11. The second kappa shape index (κ2) is 9.50. The van der Waals surface area contributed by atoms with Gasteiger partial charge < -0.3 is 16.0 Å². The largest absolute Gasteiger partial charge is 0.355 e. The van der Waals surface area contributed by atoms with Crippen molar-refractivity contribution >= 4 is 35.3 Å². The minimum Gasteiger partial charge on any atom is -0.355 e. The number of aromatic nitrogens is 5. The zero-order valence-corrected chi connectivity index (χ0v) is 17.3. The summed E-state index contributed by atoms with van der Waals surface area (Å²) in [5.41, 5.74) is 0.830. The molecule has 0 saturated carbocycles. The Balaban J connectivity index is 1.69. The molecule has 154 valence electrons. The number of carbonyl (C=O) groups excluding carboxylic acids is 1. The maximum atomic E-state index is 13.0. The second-order valence-corrected chi connectivity index (χ2v) is 7.12. The second-order valence-electron chi connectivity index (χ2n) is 6.18. The standard InChI is InChI=1S/C18H23FN8OS/c1-4-20-15-23-16(21-5-2)27-17(24-15)25-26-18(27)29-10-14(28)22-11(3)12-6-8-13(19)9-7-12/h6-9,11H,4-5,10H2,1-3H3,(H,22,28)(H2,20,21,23,24,25)/t11-/m0/s1. The quantitative estimate of drug-likeness (QED) is 0.455. The van der Waals surface area contributed by atoms with Crippen LogP contribution < -0.4 is 16.0 Å². The van der Waals surface area contributed by atoms with E-state index in [1.807, 2.05) is 20.8 Å². The molecule has 1 amide bonds. The maximum Gasteiger partial charge on any atom is 0.261 e. The summed E-state index contributed by atoms with van der Waals surface area (Å²) in [7, 11) is 0. The fourth-order valence-electron chi connectivity index (χ4n) is 2.65. The van der Waals surface area contributed by atoms with Crippen LogP contribution in [0.15, 0.2) is 29.4 Å². The Morgan fingerprint density at radius 3 is 2.55 bits per heavy atom. The van der Waals surface area contributed by atoms with Crippen LogP contribution in [0.1, 0.15) is 32.4 Å². The van der Waals surface area contributed by atoms with Gasteiger partial charge in [0, 0.05) is 13.1 Å². The predicted octanol–water partition coefficient (Wildman–Crippen LogP) is 2.49. The topological polar surface area (TPSA) is 109 Å². The fourth-order valence-corrected chi connectivity index (χ4v) is 3.38. The van der Waals surface area contributed by atoms with Gasteiger partial charge in [-0.15, -0.1) is 10.2 Å². The number of nitrogens with one attached hydrogen (secondary N) is 3. The van der Waals surface area contributed by atoms with E-state index in [-0.39, 0.29) is 23.5 Å². The number of hydrogen-bond acceptors (Lipinski definition) is 8. The first kappa shape index (κ1) is 20.8. The van der Waals surface area contributed by atoms with Crippen LogP contribution in [0.5, 0.6) is 0 Å². The lowest BCUT2D eigenvalue weighted by molar-refractivity contribution is -0.119. The number of anilines is 2. The molecular formula is C18H23FN8OS. The van der Waals surface area contributed by atoms with Gasteiger partial charge in [-0.1, -0.05) is 23.9 Å². The van der Waals surface area contributed by atoms with Crippen molar-refractivity contribution in [2.24, 2.45) is 0 Å². The third kappa shape index (κ3) is 5.11. The van der Waals surface area contributed by atoms with Crippen LogP contribution in [0.25, 0.3) is 5.78 Å². The molecule has 0 spiro atoms. The number of hydrogen-bond donors (Lipinski definition) is 3. The van der Waals surface area contributed by atoms with Gasteiger partial charge in [0.2, 0.25) is 17.8 Å². The molecular weight excluding hydrogens is 395 g/mol. The van der Waals surface area contributed by atoms with Gasteiger partial charge in [0.1, 0.15) is 5.82 Å². The summed E-state index contributed by atoms with van der Waals surface area (Å²) in [6.07, 6.45) is 0. The molecule has 1 aromatic carbocycles. The highest BCUT2D eigenvalue weighted by atomic mass is 32.2. The van der Waals surface area contributed by atoms with Gasteiger partial charge in [-0.3, -0.25) is 4.79 Å². The van der Waals surface area contributed by atoms with Crippen LogP contribution >= 0.6 is 11.8 Å². The van der Waals surface area contributed by atoms with Gasteiger partial charge in [-0.25, -0.2) is 8.79 Å². The van der Waals surface area contributed by atoms with Crippen molar-refractivity contribution < 1.29 is 9.18 Å². The number of nitrogens with zero attached hydrogens (tertiary/aromatic N) is 5. The monoisotopic (exact) mass is 418 g/mol. The van der Waals surface area contributed by atoms with Crippen molar-refractivity contribution in [1.29, 1.82) is 0 Å². The van der Waals surface area contributed by atoms with E-state index >= 15 is 0 Å². The summed E-state index contributed by atoms with van der Waals surface area (Å²) in [6, 6.07) is 5.82. The third-order valence-corrected chi connectivity index (χ3v) is 4.92.